The number of rotatable bonds is 3. The summed E-state index contributed by atoms with van der Waals surface area (Å²) in [5, 5.41) is 5.78. The monoisotopic (exact) mass is 331 g/mol. The van der Waals surface area contributed by atoms with Gasteiger partial charge in [0.25, 0.3) is 17.4 Å². The van der Waals surface area contributed by atoms with Gasteiger partial charge in [0.1, 0.15) is 5.75 Å². The number of fused-ring (bicyclic) bond motifs is 1. The molecule has 3 rings (SSSR count). The molecule has 0 saturated heterocycles. The highest BCUT2D eigenvalue weighted by molar-refractivity contribution is 6.31. The first-order valence-electron chi connectivity index (χ1n) is 6.97. The third kappa shape index (κ3) is 2.98. The summed E-state index contributed by atoms with van der Waals surface area (Å²) in [6, 6.07) is 10.2. The Hall–Kier alpha value is -2.60. The Kier molecular flexibility index (Phi) is 3.92. The van der Waals surface area contributed by atoms with Gasteiger partial charge in [-0.25, -0.2) is 0 Å². The molecule has 2 amide bonds. The molecule has 2 aromatic rings. The predicted molar refractivity (Wildman–Crippen MR) is 85.2 cm³/mol. The maximum atomic E-state index is 12.4. The fourth-order valence-electron chi connectivity index (χ4n) is 2.19. The molecule has 0 bridgehead atoms. The van der Waals surface area contributed by atoms with E-state index >= 15 is 0 Å². The number of amides is 2. The summed E-state index contributed by atoms with van der Waals surface area (Å²) in [7, 11) is 0. The van der Waals surface area contributed by atoms with Gasteiger partial charge in [0.15, 0.2) is 0 Å². The van der Waals surface area contributed by atoms with Crippen molar-refractivity contribution in [1.82, 2.24) is 10.3 Å². The van der Waals surface area contributed by atoms with E-state index in [0.717, 1.165) is 0 Å². The molecule has 0 aliphatic carbocycles. The number of benzene rings is 1. The van der Waals surface area contributed by atoms with Gasteiger partial charge in [-0.05, 0) is 37.3 Å². The Labute approximate surface area is 137 Å². The molecule has 2 heterocycles. The van der Waals surface area contributed by atoms with Crippen LogP contribution in [0.15, 0.2) is 42.6 Å². The number of halogens is 1. The molecule has 1 atom stereocenters. The summed E-state index contributed by atoms with van der Waals surface area (Å²) in [5.74, 6) is -0.698. The average Bonchev–Trinajstić information content (AvgIpc) is 2.55. The molecule has 1 aliphatic heterocycles. The highest BCUT2D eigenvalue weighted by atomic mass is 35.5. The fraction of sp³-hybridized carbons (Fsp3) is 0.188. The van der Waals surface area contributed by atoms with E-state index in [1.54, 1.807) is 36.5 Å². The van der Waals surface area contributed by atoms with E-state index in [4.69, 9.17) is 16.3 Å². The van der Waals surface area contributed by atoms with E-state index < -0.39 is 17.4 Å². The summed E-state index contributed by atoms with van der Waals surface area (Å²) < 4.78 is 5.63. The van der Waals surface area contributed by atoms with Gasteiger partial charge in [-0.1, -0.05) is 17.7 Å². The van der Waals surface area contributed by atoms with E-state index in [1.807, 2.05) is 6.07 Å². The van der Waals surface area contributed by atoms with Crippen LogP contribution in [0, 0.1) is 0 Å². The van der Waals surface area contributed by atoms with Gasteiger partial charge in [0, 0.05) is 11.2 Å². The van der Waals surface area contributed by atoms with Crippen molar-refractivity contribution in [1.29, 1.82) is 0 Å². The van der Waals surface area contributed by atoms with Crippen molar-refractivity contribution in [2.24, 2.45) is 0 Å². The molecule has 118 valence electrons. The van der Waals surface area contributed by atoms with E-state index in [1.165, 1.54) is 6.92 Å². The molecule has 0 unspecified atom stereocenters. The molecule has 2 N–H and O–H groups in total. The maximum absolute atomic E-state index is 12.4. The molecule has 0 radical (unpaired) electrons. The predicted octanol–water partition coefficient (Wildman–Crippen LogP) is 2.14. The summed E-state index contributed by atoms with van der Waals surface area (Å²) in [5.41, 5.74) is -0.527. The molecule has 0 fully saturated rings. The van der Waals surface area contributed by atoms with Gasteiger partial charge < -0.3 is 15.4 Å². The lowest BCUT2D eigenvalue weighted by Crippen LogP contribution is -2.58. The second kappa shape index (κ2) is 5.89. The highest BCUT2D eigenvalue weighted by Crippen LogP contribution is 2.35. The van der Waals surface area contributed by atoms with Crippen molar-refractivity contribution >= 4 is 29.1 Å². The molecule has 7 heteroatoms. The average molecular weight is 332 g/mol. The molecular weight excluding hydrogens is 318 g/mol. The zero-order valence-corrected chi connectivity index (χ0v) is 13.1. The van der Waals surface area contributed by atoms with Gasteiger partial charge in [0.05, 0.1) is 17.9 Å². The second-order valence-electron chi connectivity index (χ2n) is 5.23. The number of carbonyl (C=O) groups excluding carboxylic acids is 2. The summed E-state index contributed by atoms with van der Waals surface area (Å²) >= 11 is 5.88. The van der Waals surface area contributed by atoms with Crippen molar-refractivity contribution in [2.45, 2.75) is 19.1 Å². The van der Waals surface area contributed by atoms with Gasteiger partial charge in [-0.2, -0.15) is 0 Å². The summed E-state index contributed by atoms with van der Waals surface area (Å²) in [6.07, 6.45) is 1.63. The third-order valence-corrected chi connectivity index (χ3v) is 3.76. The van der Waals surface area contributed by atoms with Crippen LogP contribution in [0.1, 0.15) is 12.6 Å². The molecule has 23 heavy (non-hydrogen) atoms. The van der Waals surface area contributed by atoms with E-state index in [-0.39, 0.29) is 6.54 Å². The van der Waals surface area contributed by atoms with Crippen molar-refractivity contribution in [3.05, 3.63) is 53.3 Å². The van der Waals surface area contributed by atoms with Crippen molar-refractivity contribution in [3.63, 3.8) is 0 Å². The summed E-state index contributed by atoms with van der Waals surface area (Å²) in [4.78, 5) is 28.8. The first kappa shape index (κ1) is 15.3. The number of anilines is 1. The lowest BCUT2D eigenvalue weighted by molar-refractivity contribution is -0.146. The fourth-order valence-corrected chi connectivity index (χ4v) is 2.36. The van der Waals surface area contributed by atoms with Gasteiger partial charge in [0.2, 0.25) is 0 Å². The van der Waals surface area contributed by atoms with Crippen LogP contribution in [-0.2, 0) is 16.1 Å². The van der Waals surface area contributed by atoms with Crippen molar-refractivity contribution in [3.8, 4) is 5.75 Å². The Morgan fingerprint density at radius 3 is 2.96 bits per heavy atom. The van der Waals surface area contributed by atoms with E-state index in [0.29, 0.717) is 22.2 Å². The van der Waals surface area contributed by atoms with Gasteiger partial charge in [-0.3, -0.25) is 14.6 Å². The van der Waals surface area contributed by atoms with Gasteiger partial charge >= 0.3 is 0 Å². The minimum Gasteiger partial charge on any atom is -0.466 e. The third-order valence-electron chi connectivity index (χ3n) is 3.53. The number of aromatic nitrogens is 1. The normalized spacial score (nSPS) is 19.3. The highest BCUT2D eigenvalue weighted by Gasteiger charge is 2.47. The smallest absolute Gasteiger partial charge is 0.278 e. The number of carbonyl (C=O) groups is 2. The van der Waals surface area contributed by atoms with Crippen LogP contribution >= 0.6 is 11.6 Å². The standard InChI is InChI=1S/C16H14ClN3O3/c1-16(14(21)19-9-11-4-2-3-7-18-11)15(22)20-12-8-10(17)5-6-13(12)23-16/h2-8H,9H2,1H3,(H,19,21)(H,20,22)/t16-/m0/s1. The minimum atomic E-state index is -1.66. The number of ether oxygens (including phenoxy) is 1. The maximum Gasteiger partial charge on any atom is 0.278 e. The first-order chi connectivity index (χ1) is 11.0. The van der Waals surface area contributed by atoms with E-state index in [2.05, 4.69) is 15.6 Å². The van der Waals surface area contributed by atoms with Crippen LogP contribution < -0.4 is 15.4 Å². The van der Waals surface area contributed by atoms with Crippen LogP contribution in [0.4, 0.5) is 5.69 Å². The lowest BCUT2D eigenvalue weighted by atomic mass is 10.0. The molecule has 0 saturated carbocycles. The number of nitrogens with zero attached hydrogens (tertiary/aromatic N) is 1. The molecule has 1 aromatic carbocycles. The Bertz CT molecular complexity index is 766. The van der Waals surface area contributed by atoms with Crippen LogP contribution in [0.2, 0.25) is 5.02 Å². The second-order valence-corrected chi connectivity index (χ2v) is 5.67. The molecule has 0 spiro atoms. The molecule has 1 aliphatic rings. The van der Waals surface area contributed by atoms with E-state index in [9.17, 15) is 9.59 Å². The van der Waals surface area contributed by atoms with Crippen LogP contribution in [-0.4, -0.2) is 22.4 Å². The van der Waals surface area contributed by atoms with Gasteiger partial charge in [-0.15, -0.1) is 0 Å². The topological polar surface area (TPSA) is 80.3 Å². The number of hydrogen-bond donors (Lipinski definition) is 2. The number of nitrogens with one attached hydrogen (secondary N) is 2. The van der Waals surface area contributed by atoms with Crippen LogP contribution in [0.3, 0.4) is 0 Å². The zero-order chi connectivity index (χ0) is 16.4. The first-order valence-corrected chi connectivity index (χ1v) is 7.35. The van der Waals surface area contributed by atoms with Crippen molar-refractivity contribution in [2.75, 3.05) is 5.32 Å². The SMILES string of the molecule is C[C@@]1(C(=O)NCc2ccccn2)Oc2ccc(Cl)cc2NC1=O. The molecule has 1 aromatic heterocycles. The summed E-state index contributed by atoms with van der Waals surface area (Å²) in [6.45, 7) is 1.63. The Morgan fingerprint density at radius 1 is 1.39 bits per heavy atom. The number of pyridine rings is 1. The van der Waals surface area contributed by atoms with Crippen molar-refractivity contribution < 1.29 is 14.3 Å². The van der Waals surface area contributed by atoms with Crippen LogP contribution in [0.25, 0.3) is 0 Å². The largest absolute Gasteiger partial charge is 0.466 e. The number of hydrogen-bond acceptors (Lipinski definition) is 4. The quantitative estimate of drug-likeness (QED) is 0.844. The zero-order valence-electron chi connectivity index (χ0n) is 12.3. The molecular formula is C16H14ClN3O3. The van der Waals surface area contributed by atoms with Crippen LogP contribution in [0.5, 0.6) is 5.75 Å². The molecule has 6 nitrogen and oxygen atoms in total. The lowest BCUT2D eigenvalue weighted by Gasteiger charge is -2.33. The Balaban J connectivity index is 1.77. The Morgan fingerprint density at radius 2 is 2.22 bits per heavy atom. The minimum absolute atomic E-state index is 0.208.